The van der Waals surface area contributed by atoms with Crippen LogP contribution in [0.2, 0.25) is 0 Å². The Kier molecular flexibility index (Phi) is 2.22. The van der Waals surface area contributed by atoms with Crippen LogP contribution in [0.5, 0.6) is 0 Å². The first-order valence-electron chi connectivity index (χ1n) is 3.82. The number of aliphatic hydroxyl groups excluding tert-OH is 1. The molecule has 0 aromatic carbocycles. The van der Waals surface area contributed by atoms with Gasteiger partial charge in [-0.15, -0.1) is 0 Å². The largest absolute Gasteiger partial charge is 0.394 e. The third-order valence-electron chi connectivity index (χ3n) is 1.35. The van der Waals surface area contributed by atoms with Gasteiger partial charge in [0.25, 0.3) is 0 Å². The SMILES string of the molecule is CC(C)(C)C#CC1OC1CO. The van der Waals surface area contributed by atoms with Crippen molar-refractivity contribution in [3.63, 3.8) is 0 Å². The van der Waals surface area contributed by atoms with Crippen molar-refractivity contribution in [2.24, 2.45) is 5.41 Å². The summed E-state index contributed by atoms with van der Waals surface area (Å²) < 4.78 is 5.04. The Labute approximate surface area is 67.6 Å². The fourth-order valence-electron chi connectivity index (χ4n) is 0.696. The summed E-state index contributed by atoms with van der Waals surface area (Å²) in [5, 5.41) is 8.61. The minimum atomic E-state index is -0.0233. The van der Waals surface area contributed by atoms with Crippen molar-refractivity contribution < 1.29 is 9.84 Å². The maximum absolute atomic E-state index is 8.61. The predicted octanol–water partition coefficient (Wildman–Crippen LogP) is 0.796. The highest BCUT2D eigenvalue weighted by molar-refractivity contribution is 5.17. The molecule has 0 aromatic heterocycles. The third-order valence-corrected chi connectivity index (χ3v) is 1.35. The van der Waals surface area contributed by atoms with Crippen LogP contribution in [0.15, 0.2) is 0 Å². The van der Waals surface area contributed by atoms with E-state index in [1.54, 1.807) is 0 Å². The van der Waals surface area contributed by atoms with Gasteiger partial charge in [-0.1, -0.05) is 11.8 Å². The maximum atomic E-state index is 8.61. The van der Waals surface area contributed by atoms with Gasteiger partial charge in [0.2, 0.25) is 0 Å². The molecule has 2 atom stereocenters. The van der Waals surface area contributed by atoms with Gasteiger partial charge in [0.05, 0.1) is 6.61 Å². The Hall–Kier alpha value is -0.520. The van der Waals surface area contributed by atoms with Crippen molar-refractivity contribution >= 4 is 0 Å². The molecule has 1 aliphatic heterocycles. The first kappa shape index (κ1) is 8.58. The zero-order chi connectivity index (χ0) is 8.48. The molecule has 1 fully saturated rings. The number of hydrogen-bond acceptors (Lipinski definition) is 2. The zero-order valence-corrected chi connectivity index (χ0v) is 7.22. The molecule has 1 N–H and O–H groups in total. The van der Waals surface area contributed by atoms with Crippen LogP contribution < -0.4 is 0 Å². The van der Waals surface area contributed by atoms with Crippen LogP contribution in [-0.4, -0.2) is 23.9 Å². The molecule has 1 aliphatic rings. The van der Waals surface area contributed by atoms with Crippen LogP contribution in [0.25, 0.3) is 0 Å². The van der Waals surface area contributed by atoms with Crippen LogP contribution in [-0.2, 0) is 4.74 Å². The van der Waals surface area contributed by atoms with Gasteiger partial charge in [-0.25, -0.2) is 0 Å². The Bertz CT molecular complexity index is 192. The summed E-state index contributed by atoms with van der Waals surface area (Å²) in [5.74, 6) is 6.03. The van der Waals surface area contributed by atoms with E-state index in [1.807, 2.05) is 0 Å². The average molecular weight is 154 g/mol. The molecule has 0 bridgehead atoms. The van der Waals surface area contributed by atoms with Crippen molar-refractivity contribution in [3.05, 3.63) is 0 Å². The molecule has 1 heterocycles. The Morgan fingerprint density at radius 3 is 2.45 bits per heavy atom. The summed E-state index contributed by atoms with van der Waals surface area (Å²) in [6, 6.07) is 0. The van der Waals surface area contributed by atoms with Crippen molar-refractivity contribution in [2.75, 3.05) is 6.61 Å². The van der Waals surface area contributed by atoms with Crippen molar-refractivity contribution in [1.82, 2.24) is 0 Å². The Morgan fingerprint density at radius 1 is 1.45 bits per heavy atom. The molecule has 0 aromatic rings. The molecule has 0 spiro atoms. The summed E-state index contributed by atoms with van der Waals surface area (Å²) in [4.78, 5) is 0. The minimum Gasteiger partial charge on any atom is -0.394 e. The second-order valence-electron chi connectivity index (χ2n) is 3.80. The number of epoxide rings is 1. The van der Waals surface area contributed by atoms with Gasteiger partial charge in [0.1, 0.15) is 12.2 Å². The van der Waals surface area contributed by atoms with E-state index in [1.165, 1.54) is 0 Å². The molecular formula is C9H14O2. The molecule has 62 valence electrons. The lowest BCUT2D eigenvalue weighted by molar-refractivity contribution is 0.243. The molecule has 1 rings (SSSR count). The van der Waals surface area contributed by atoms with E-state index < -0.39 is 0 Å². The van der Waals surface area contributed by atoms with Crippen LogP contribution in [0, 0.1) is 17.3 Å². The van der Waals surface area contributed by atoms with Gasteiger partial charge < -0.3 is 9.84 Å². The molecular weight excluding hydrogens is 140 g/mol. The molecule has 2 nitrogen and oxygen atoms in total. The van der Waals surface area contributed by atoms with Crippen molar-refractivity contribution in [2.45, 2.75) is 33.0 Å². The summed E-state index contributed by atoms with van der Waals surface area (Å²) in [6.07, 6.45) is -0.0379. The lowest BCUT2D eigenvalue weighted by Gasteiger charge is -2.06. The molecule has 1 saturated heterocycles. The van der Waals surface area contributed by atoms with Crippen molar-refractivity contribution in [3.8, 4) is 11.8 Å². The highest BCUT2D eigenvalue weighted by atomic mass is 16.6. The first-order chi connectivity index (χ1) is 5.03. The van der Waals surface area contributed by atoms with Crippen LogP contribution in [0.4, 0.5) is 0 Å². The van der Waals surface area contributed by atoms with E-state index in [0.717, 1.165) is 0 Å². The maximum Gasteiger partial charge on any atom is 0.147 e. The monoisotopic (exact) mass is 154 g/mol. The number of aliphatic hydroxyl groups is 1. The Balaban J connectivity index is 2.36. The van der Waals surface area contributed by atoms with E-state index in [-0.39, 0.29) is 24.2 Å². The second kappa shape index (κ2) is 2.84. The van der Waals surface area contributed by atoms with Gasteiger partial charge in [0.15, 0.2) is 0 Å². The predicted molar refractivity (Wildman–Crippen MR) is 43.0 cm³/mol. The molecule has 2 unspecified atom stereocenters. The van der Waals surface area contributed by atoms with Gasteiger partial charge in [-0.3, -0.25) is 0 Å². The Morgan fingerprint density at radius 2 is 2.09 bits per heavy atom. The third kappa shape index (κ3) is 2.92. The van der Waals surface area contributed by atoms with Crippen LogP contribution in [0.1, 0.15) is 20.8 Å². The van der Waals surface area contributed by atoms with Crippen LogP contribution in [0.3, 0.4) is 0 Å². The lowest BCUT2D eigenvalue weighted by atomic mass is 9.98. The van der Waals surface area contributed by atoms with E-state index in [9.17, 15) is 0 Å². The average Bonchev–Trinajstić information content (AvgIpc) is 2.60. The fraction of sp³-hybridized carbons (Fsp3) is 0.778. The number of hydrogen-bond donors (Lipinski definition) is 1. The lowest BCUT2D eigenvalue weighted by Crippen LogP contribution is -2.01. The normalized spacial score (nSPS) is 29.1. The van der Waals surface area contributed by atoms with Gasteiger partial charge >= 0.3 is 0 Å². The molecule has 11 heavy (non-hydrogen) atoms. The first-order valence-corrected chi connectivity index (χ1v) is 3.82. The van der Waals surface area contributed by atoms with E-state index >= 15 is 0 Å². The number of rotatable bonds is 1. The highest BCUT2D eigenvalue weighted by Crippen LogP contribution is 2.21. The van der Waals surface area contributed by atoms with Gasteiger partial charge in [-0.2, -0.15) is 0 Å². The number of ether oxygens (including phenoxy) is 1. The van der Waals surface area contributed by atoms with Gasteiger partial charge in [0, 0.05) is 5.41 Å². The quantitative estimate of drug-likeness (QED) is 0.447. The van der Waals surface area contributed by atoms with Gasteiger partial charge in [-0.05, 0) is 20.8 Å². The van der Waals surface area contributed by atoms with E-state index in [2.05, 4.69) is 32.6 Å². The van der Waals surface area contributed by atoms with E-state index in [0.29, 0.717) is 0 Å². The molecule has 0 amide bonds. The minimum absolute atomic E-state index is 0.0146. The summed E-state index contributed by atoms with van der Waals surface area (Å²) >= 11 is 0. The molecule has 0 saturated carbocycles. The molecule has 2 heteroatoms. The topological polar surface area (TPSA) is 32.8 Å². The second-order valence-corrected chi connectivity index (χ2v) is 3.80. The smallest absolute Gasteiger partial charge is 0.147 e. The van der Waals surface area contributed by atoms with Crippen molar-refractivity contribution in [1.29, 1.82) is 0 Å². The zero-order valence-electron chi connectivity index (χ0n) is 7.22. The summed E-state index contributed by atoms with van der Waals surface area (Å²) in [6.45, 7) is 6.24. The van der Waals surface area contributed by atoms with Crippen LogP contribution >= 0.6 is 0 Å². The molecule has 0 aliphatic carbocycles. The fourth-order valence-corrected chi connectivity index (χ4v) is 0.696. The molecule has 0 radical (unpaired) electrons. The summed E-state index contributed by atoms with van der Waals surface area (Å²) in [7, 11) is 0. The van der Waals surface area contributed by atoms with E-state index in [4.69, 9.17) is 9.84 Å². The standard InChI is InChI=1S/C9H14O2/c1-9(2,3)5-4-7-8(6-10)11-7/h7-8,10H,6H2,1-3H3. The highest BCUT2D eigenvalue weighted by Gasteiger charge is 2.36. The summed E-state index contributed by atoms with van der Waals surface area (Å²) in [5.41, 5.74) is 0.0337.